The first-order valence-corrected chi connectivity index (χ1v) is 5.94. The molecule has 2 aromatic rings. The zero-order valence-corrected chi connectivity index (χ0v) is 11.5. The van der Waals surface area contributed by atoms with Crippen molar-refractivity contribution in [2.75, 3.05) is 5.32 Å². The molecule has 0 saturated heterocycles. The van der Waals surface area contributed by atoms with Crippen molar-refractivity contribution >= 4 is 23.3 Å². The van der Waals surface area contributed by atoms with Gasteiger partial charge in [-0.1, -0.05) is 11.6 Å². The molecule has 0 bridgehead atoms. The van der Waals surface area contributed by atoms with Crippen molar-refractivity contribution in [1.82, 2.24) is 9.78 Å². The van der Waals surface area contributed by atoms with E-state index in [-0.39, 0.29) is 5.56 Å². The third kappa shape index (κ3) is 2.37. The van der Waals surface area contributed by atoms with Crippen LogP contribution in [0.2, 0.25) is 5.02 Å². The molecular formula is C12H5ClF4N4O. The maximum Gasteiger partial charge on any atom is 0.222 e. The molecule has 0 aliphatic rings. The molecule has 0 aliphatic heterocycles. The highest BCUT2D eigenvalue weighted by Crippen LogP contribution is 2.32. The molecule has 0 atom stereocenters. The monoisotopic (exact) mass is 332 g/mol. The molecule has 0 saturated carbocycles. The Bertz CT molecular complexity index is 799. The number of rotatable bonds is 2. The molecule has 0 unspecified atom stereocenters. The first kappa shape index (κ1) is 15.8. The molecule has 0 spiro atoms. The van der Waals surface area contributed by atoms with Crippen LogP contribution in [-0.2, 0) is 4.79 Å². The molecule has 1 heterocycles. The van der Waals surface area contributed by atoms with E-state index >= 15 is 0 Å². The summed E-state index contributed by atoms with van der Waals surface area (Å²) in [5.74, 6) is -8.40. The topological polar surface area (TPSA) is 70.7 Å². The van der Waals surface area contributed by atoms with E-state index in [1.54, 1.807) is 6.07 Å². The van der Waals surface area contributed by atoms with Crippen LogP contribution >= 0.6 is 11.6 Å². The molecule has 1 aromatic carbocycles. The minimum Gasteiger partial charge on any atom is -0.310 e. The molecule has 0 aliphatic carbocycles. The smallest absolute Gasteiger partial charge is 0.222 e. The molecule has 0 fully saturated rings. The van der Waals surface area contributed by atoms with Crippen LogP contribution in [0.3, 0.4) is 0 Å². The number of hydrogen-bond donors (Lipinski definition) is 1. The van der Waals surface area contributed by atoms with Gasteiger partial charge in [-0.3, -0.25) is 4.79 Å². The maximum atomic E-state index is 13.9. The summed E-state index contributed by atoms with van der Waals surface area (Å²) in [6.07, 6.45) is 0.870. The summed E-state index contributed by atoms with van der Waals surface area (Å²) < 4.78 is 55.1. The molecule has 22 heavy (non-hydrogen) atoms. The first-order valence-electron chi connectivity index (χ1n) is 5.57. The Labute approximate surface area is 125 Å². The Kier molecular flexibility index (Phi) is 4.05. The highest BCUT2D eigenvalue weighted by molar-refractivity contribution is 6.31. The fourth-order valence-electron chi connectivity index (χ4n) is 1.67. The number of hydrogen-bond acceptors (Lipinski definition) is 3. The number of nitriles is 1. The van der Waals surface area contributed by atoms with Crippen LogP contribution in [0.4, 0.5) is 23.4 Å². The summed E-state index contributed by atoms with van der Waals surface area (Å²) in [5, 5.41) is 13.1. The summed E-state index contributed by atoms with van der Waals surface area (Å²) in [6.45, 7) is 1.06. The summed E-state index contributed by atoms with van der Waals surface area (Å²) in [4.78, 5) is 11.1. The van der Waals surface area contributed by atoms with Gasteiger partial charge in [-0.2, -0.15) is 10.4 Å². The van der Waals surface area contributed by atoms with E-state index in [4.69, 9.17) is 16.9 Å². The van der Waals surface area contributed by atoms with Crippen molar-refractivity contribution < 1.29 is 22.4 Å². The molecule has 5 nitrogen and oxygen atoms in total. The zero-order chi connectivity index (χ0) is 16.6. The minimum atomic E-state index is -1.82. The number of halogens is 5. The van der Waals surface area contributed by atoms with E-state index in [2.05, 4.69) is 10.4 Å². The van der Waals surface area contributed by atoms with Gasteiger partial charge in [0.05, 0.1) is 6.20 Å². The summed E-state index contributed by atoms with van der Waals surface area (Å²) in [5.41, 5.74) is -1.51. The van der Waals surface area contributed by atoms with Gasteiger partial charge in [0.2, 0.25) is 5.91 Å². The van der Waals surface area contributed by atoms with Crippen LogP contribution in [-0.4, -0.2) is 15.7 Å². The van der Waals surface area contributed by atoms with E-state index in [0.717, 1.165) is 13.1 Å². The molecule has 0 radical (unpaired) electrons. The molecule has 1 amide bonds. The largest absolute Gasteiger partial charge is 0.310 e. The van der Waals surface area contributed by atoms with Crippen LogP contribution in [0.25, 0.3) is 5.69 Å². The van der Waals surface area contributed by atoms with Gasteiger partial charge in [0.15, 0.2) is 29.1 Å². The van der Waals surface area contributed by atoms with Crippen LogP contribution in [0, 0.1) is 34.6 Å². The molecule has 1 N–H and O–H groups in total. The number of aromatic nitrogens is 2. The van der Waals surface area contributed by atoms with Gasteiger partial charge in [-0.25, -0.2) is 22.2 Å². The maximum absolute atomic E-state index is 13.9. The van der Waals surface area contributed by atoms with Crippen LogP contribution in [0.5, 0.6) is 0 Å². The van der Waals surface area contributed by atoms with Crippen molar-refractivity contribution in [3.05, 3.63) is 40.1 Å². The third-order valence-corrected chi connectivity index (χ3v) is 2.91. The molecular weight excluding hydrogens is 328 g/mol. The zero-order valence-electron chi connectivity index (χ0n) is 10.7. The number of nitrogens with zero attached hydrogens (tertiary/aromatic N) is 3. The highest BCUT2D eigenvalue weighted by Gasteiger charge is 2.28. The second kappa shape index (κ2) is 5.65. The van der Waals surface area contributed by atoms with Crippen molar-refractivity contribution in [2.24, 2.45) is 0 Å². The fourth-order valence-corrected chi connectivity index (χ4v) is 1.83. The molecule has 10 heteroatoms. The Morgan fingerprint density at radius 3 is 2.27 bits per heavy atom. The van der Waals surface area contributed by atoms with Gasteiger partial charge < -0.3 is 5.32 Å². The van der Waals surface area contributed by atoms with E-state index < -0.39 is 45.7 Å². The Balaban J connectivity index is 2.81. The van der Waals surface area contributed by atoms with Gasteiger partial charge in [0, 0.05) is 6.92 Å². The van der Waals surface area contributed by atoms with E-state index in [0.29, 0.717) is 4.68 Å². The van der Waals surface area contributed by atoms with Crippen molar-refractivity contribution in [3.8, 4) is 11.8 Å². The molecule has 114 valence electrons. The average molecular weight is 333 g/mol. The van der Waals surface area contributed by atoms with Crippen molar-refractivity contribution in [3.63, 3.8) is 0 Å². The quantitative estimate of drug-likeness (QED) is 0.522. The van der Waals surface area contributed by atoms with E-state index in [1.807, 2.05) is 0 Å². The normalized spacial score (nSPS) is 10.4. The number of carbonyl (C=O) groups is 1. The Hall–Kier alpha value is -2.60. The predicted molar refractivity (Wildman–Crippen MR) is 67.4 cm³/mol. The van der Waals surface area contributed by atoms with E-state index in [9.17, 15) is 22.4 Å². The van der Waals surface area contributed by atoms with Gasteiger partial charge in [0.1, 0.15) is 22.3 Å². The Morgan fingerprint density at radius 2 is 1.82 bits per heavy atom. The van der Waals surface area contributed by atoms with Crippen molar-refractivity contribution in [2.45, 2.75) is 6.92 Å². The number of benzene rings is 1. The lowest BCUT2D eigenvalue weighted by Gasteiger charge is -2.12. The number of amides is 1. The van der Waals surface area contributed by atoms with Gasteiger partial charge in [-0.15, -0.1) is 0 Å². The second-order valence-corrected chi connectivity index (χ2v) is 4.41. The summed E-state index contributed by atoms with van der Waals surface area (Å²) >= 11 is 5.12. The lowest BCUT2D eigenvalue weighted by molar-refractivity contribution is -0.114. The lowest BCUT2D eigenvalue weighted by Crippen LogP contribution is -2.15. The summed E-state index contributed by atoms with van der Waals surface area (Å²) in [6, 6.07) is 1.61. The van der Waals surface area contributed by atoms with Crippen LogP contribution in [0.15, 0.2) is 6.20 Å². The predicted octanol–water partition coefficient (Wildman–Crippen LogP) is 2.91. The van der Waals surface area contributed by atoms with Crippen LogP contribution in [0.1, 0.15) is 12.5 Å². The molecule has 1 aromatic heterocycles. The number of anilines is 1. The van der Waals surface area contributed by atoms with Crippen molar-refractivity contribution in [1.29, 1.82) is 5.26 Å². The fraction of sp³-hybridized carbons (Fsp3) is 0.0833. The number of nitrogens with one attached hydrogen (secondary N) is 1. The highest BCUT2D eigenvalue weighted by atomic mass is 35.5. The molecule has 2 rings (SSSR count). The SMILES string of the molecule is CC(=O)Nc1c(C#N)cnn1-c1c(F)c(F)c(Cl)c(F)c1F. The minimum absolute atomic E-state index is 0.259. The lowest BCUT2D eigenvalue weighted by atomic mass is 10.2. The van der Waals surface area contributed by atoms with Gasteiger partial charge in [0.25, 0.3) is 0 Å². The standard InChI is InChI=1S/C12H5ClF4N4O/c1-4(22)20-12-5(2-18)3-19-21(12)11-9(16)7(14)6(13)8(15)10(11)17/h3H,1H3,(H,20,22). The number of carbonyl (C=O) groups excluding carboxylic acids is 1. The second-order valence-electron chi connectivity index (χ2n) is 4.03. The van der Waals surface area contributed by atoms with E-state index in [1.165, 1.54) is 0 Å². The van der Waals surface area contributed by atoms with Gasteiger partial charge >= 0.3 is 0 Å². The summed E-state index contributed by atoms with van der Waals surface area (Å²) in [7, 11) is 0. The third-order valence-electron chi connectivity index (χ3n) is 2.58. The first-order chi connectivity index (χ1) is 10.3. The van der Waals surface area contributed by atoms with Gasteiger partial charge in [-0.05, 0) is 0 Å². The average Bonchev–Trinajstić information content (AvgIpc) is 2.85. The van der Waals surface area contributed by atoms with Crippen LogP contribution < -0.4 is 5.32 Å². The Morgan fingerprint density at radius 1 is 1.27 bits per heavy atom.